The zero-order valence-corrected chi connectivity index (χ0v) is 11.8. The zero-order valence-electron chi connectivity index (χ0n) is 11.8. The van der Waals surface area contributed by atoms with Gasteiger partial charge in [0.05, 0.1) is 11.6 Å². The molecule has 3 nitrogen and oxygen atoms in total. The van der Waals surface area contributed by atoms with Crippen molar-refractivity contribution in [2.75, 3.05) is 0 Å². The molecule has 1 aromatic carbocycles. The number of carbonyl (C=O) groups is 1. The summed E-state index contributed by atoms with van der Waals surface area (Å²) >= 11 is 0. The molecule has 2 unspecified atom stereocenters. The van der Waals surface area contributed by atoms with Gasteiger partial charge in [0, 0.05) is 12.0 Å². The van der Waals surface area contributed by atoms with Gasteiger partial charge in [0.2, 0.25) is 5.91 Å². The first-order valence-electron chi connectivity index (χ1n) is 7.02. The van der Waals surface area contributed by atoms with E-state index in [9.17, 15) is 18.0 Å². The molecule has 1 aliphatic carbocycles. The minimum atomic E-state index is -4.38. The van der Waals surface area contributed by atoms with Gasteiger partial charge in [-0.2, -0.15) is 13.2 Å². The van der Waals surface area contributed by atoms with E-state index in [1.54, 1.807) is 13.0 Å². The summed E-state index contributed by atoms with van der Waals surface area (Å²) in [4.78, 5) is 11.7. The smallest absolute Gasteiger partial charge is 0.351 e. The number of amides is 1. The largest absolute Gasteiger partial charge is 0.416 e. The standard InChI is InChI=1S/C15H19F3N2O/c1-9(19)14(21)20-13-8-4-6-11(13)10-5-2-3-7-12(10)15(16,17)18/h2-3,5,7,9,11,13H,4,6,8,19H2,1H3,(H,20,21)/t9-,11?,13?/m1/s1. The molecule has 1 saturated carbocycles. The van der Waals surface area contributed by atoms with Gasteiger partial charge in [0.25, 0.3) is 0 Å². The van der Waals surface area contributed by atoms with Crippen LogP contribution in [0.3, 0.4) is 0 Å². The molecule has 0 spiro atoms. The van der Waals surface area contributed by atoms with Crippen LogP contribution in [0.1, 0.15) is 43.2 Å². The number of hydrogen-bond acceptors (Lipinski definition) is 2. The number of nitrogens with one attached hydrogen (secondary N) is 1. The Morgan fingerprint density at radius 3 is 2.62 bits per heavy atom. The van der Waals surface area contributed by atoms with Crippen LogP contribution in [-0.4, -0.2) is 18.0 Å². The van der Waals surface area contributed by atoms with E-state index in [0.29, 0.717) is 12.8 Å². The summed E-state index contributed by atoms with van der Waals surface area (Å²) in [5, 5.41) is 2.77. The van der Waals surface area contributed by atoms with Crippen LogP contribution in [0.25, 0.3) is 0 Å². The average Bonchev–Trinajstić information content (AvgIpc) is 2.85. The van der Waals surface area contributed by atoms with Crippen molar-refractivity contribution in [2.45, 2.75) is 50.4 Å². The summed E-state index contributed by atoms with van der Waals surface area (Å²) in [5.41, 5.74) is 5.15. The maximum atomic E-state index is 13.1. The van der Waals surface area contributed by atoms with Crippen LogP contribution in [0.15, 0.2) is 24.3 Å². The van der Waals surface area contributed by atoms with Gasteiger partial charge in [-0.25, -0.2) is 0 Å². The maximum absolute atomic E-state index is 13.1. The van der Waals surface area contributed by atoms with E-state index in [2.05, 4.69) is 5.32 Å². The number of rotatable bonds is 3. The molecule has 0 heterocycles. The number of alkyl halides is 3. The number of nitrogens with two attached hydrogens (primary N) is 1. The fraction of sp³-hybridized carbons (Fsp3) is 0.533. The topological polar surface area (TPSA) is 55.1 Å². The lowest BCUT2D eigenvalue weighted by Gasteiger charge is -2.25. The number of halogens is 3. The first kappa shape index (κ1) is 15.8. The molecule has 3 atom stereocenters. The molecule has 1 amide bonds. The van der Waals surface area contributed by atoms with E-state index in [0.717, 1.165) is 12.5 Å². The summed E-state index contributed by atoms with van der Waals surface area (Å²) < 4.78 is 39.3. The summed E-state index contributed by atoms with van der Waals surface area (Å²) in [5.74, 6) is -0.637. The third kappa shape index (κ3) is 3.56. The molecule has 1 aliphatic rings. The van der Waals surface area contributed by atoms with Crippen molar-refractivity contribution in [2.24, 2.45) is 5.73 Å². The Hall–Kier alpha value is -1.56. The molecule has 6 heteroatoms. The van der Waals surface area contributed by atoms with Crippen molar-refractivity contribution in [1.82, 2.24) is 5.32 Å². The molecular formula is C15H19F3N2O. The van der Waals surface area contributed by atoms with Crippen molar-refractivity contribution in [3.05, 3.63) is 35.4 Å². The van der Waals surface area contributed by atoms with Gasteiger partial charge < -0.3 is 11.1 Å². The van der Waals surface area contributed by atoms with Gasteiger partial charge in [-0.15, -0.1) is 0 Å². The highest BCUT2D eigenvalue weighted by molar-refractivity contribution is 5.81. The molecule has 0 aromatic heterocycles. The summed E-state index contributed by atoms with van der Waals surface area (Å²) in [6.07, 6.45) is -2.28. The van der Waals surface area contributed by atoms with E-state index in [-0.39, 0.29) is 23.4 Å². The lowest BCUT2D eigenvalue weighted by Crippen LogP contribution is -2.44. The van der Waals surface area contributed by atoms with E-state index in [1.165, 1.54) is 12.1 Å². The molecule has 0 bridgehead atoms. The first-order valence-corrected chi connectivity index (χ1v) is 7.02. The van der Waals surface area contributed by atoms with Gasteiger partial charge in [-0.1, -0.05) is 24.6 Å². The molecule has 3 N–H and O–H groups in total. The average molecular weight is 300 g/mol. The van der Waals surface area contributed by atoms with Gasteiger partial charge in [-0.3, -0.25) is 4.79 Å². The molecule has 116 valence electrons. The van der Waals surface area contributed by atoms with Gasteiger partial charge in [-0.05, 0) is 31.4 Å². The Morgan fingerprint density at radius 1 is 1.33 bits per heavy atom. The summed E-state index contributed by atoms with van der Waals surface area (Å²) in [6, 6.07) is 4.64. The molecule has 1 aromatic rings. The SMILES string of the molecule is C[C@@H](N)C(=O)NC1CCCC1c1ccccc1C(F)(F)F. The normalized spacial score (nSPS) is 23.9. The monoisotopic (exact) mass is 300 g/mol. The third-order valence-electron chi connectivity index (χ3n) is 3.92. The third-order valence-corrected chi connectivity index (χ3v) is 3.92. The number of hydrogen-bond donors (Lipinski definition) is 2. The molecule has 2 rings (SSSR count). The molecule has 1 fully saturated rings. The Bertz CT molecular complexity index is 514. The molecule has 21 heavy (non-hydrogen) atoms. The van der Waals surface area contributed by atoms with Crippen LogP contribution >= 0.6 is 0 Å². The van der Waals surface area contributed by atoms with E-state index >= 15 is 0 Å². The van der Waals surface area contributed by atoms with Crippen molar-refractivity contribution in [3.63, 3.8) is 0 Å². The highest BCUT2D eigenvalue weighted by atomic mass is 19.4. The lowest BCUT2D eigenvalue weighted by molar-refractivity contribution is -0.138. The lowest BCUT2D eigenvalue weighted by atomic mass is 9.89. The van der Waals surface area contributed by atoms with E-state index in [1.807, 2.05) is 0 Å². The van der Waals surface area contributed by atoms with Crippen molar-refractivity contribution < 1.29 is 18.0 Å². The second-order valence-corrected chi connectivity index (χ2v) is 5.53. The van der Waals surface area contributed by atoms with Crippen LogP contribution in [0.4, 0.5) is 13.2 Å². The Balaban J connectivity index is 2.27. The van der Waals surface area contributed by atoms with Gasteiger partial charge in [0.15, 0.2) is 0 Å². The van der Waals surface area contributed by atoms with Crippen molar-refractivity contribution in [1.29, 1.82) is 0 Å². The molecule has 0 radical (unpaired) electrons. The molecule has 0 saturated heterocycles. The number of carbonyl (C=O) groups excluding carboxylic acids is 1. The molecular weight excluding hydrogens is 281 g/mol. The van der Waals surface area contributed by atoms with Crippen LogP contribution in [-0.2, 0) is 11.0 Å². The Kier molecular flexibility index (Phi) is 4.56. The van der Waals surface area contributed by atoms with E-state index < -0.39 is 17.8 Å². The minimum absolute atomic E-state index is 0.262. The van der Waals surface area contributed by atoms with E-state index in [4.69, 9.17) is 5.73 Å². The van der Waals surface area contributed by atoms with Crippen molar-refractivity contribution >= 4 is 5.91 Å². The highest BCUT2D eigenvalue weighted by Crippen LogP contribution is 2.41. The van der Waals surface area contributed by atoms with Crippen LogP contribution in [0.2, 0.25) is 0 Å². The number of benzene rings is 1. The van der Waals surface area contributed by atoms with Crippen LogP contribution < -0.4 is 11.1 Å². The van der Waals surface area contributed by atoms with Gasteiger partial charge >= 0.3 is 6.18 Å². The quantitative estimate of drug-likeness (QED) is 0.902. The van der Waals surface area contributed by atoms with Crippen LogP contribution in [0, 0.1) is 0 Å². The fourth-order valence-electron chi connectivity index (χ4n) is 2.90. The van der Waals surface area contributed by atoms with Crippen molar-refractivity contribution in [3.8, 4) is 0 Å². The Labute approximate surface area is 121 Å². The maximum Gasteiger partial charge on any atom is 0.416 e. The predicted molar refractivity (Wildman–Crippen MR) is 73.6 cm³/mol. The summed E-state index contributed by atoms with van der Waals surface area (Å²) in [7, 11) is 0. The summed E-state index contributed by atoms with van der Waals surface area (Å²) in [6.45, 7) is 1.56. The molecule has 0 aliphatic heterocycles. The highest BCUT2D eigenvalue weighted by Gasteiger charge is 2.38. The van der Waals surface area contributed by atoms with Gasteiger partial charge in [0.1, 0.15) is 0 Å². The fourth-order valence-corrected chi connectivity index (χ4v) is 2.90. The second-order valence-electron chi connectivity index (χ2n) is 5.53. The second kappa shape index (κ2) is 6.05. The minimum Gasteiger partial charge on any atom is -0.351 e. The van der Waals surface area contributed by atoms with Crippen LogP contribution in [0.5, 0.6) is 0 Å². The Morgan fingerprint density at radius 2 is 2.00 bits per heavy atom. The zero-order chi connectivity index (χ0) is 15.6. The predicted octanol–water partition coefficient (Wildman–Crippen LogP) is 2.80. The first-order chi connectivity index (χ1) is 9.80.